The van der Waals surface area contributed by atoms with Crippen molar-refractivity contribution in [2.24, 2.45) is 0 Å². The fraction of sp³-hybridized carbons (Fsp3) is 0.412. The molecule has 0 radical (unpaired) electrons. The second kappa shape index (κ2) is 8.25. The summed E-state index contributed by atoms with van der Waals surface area (Å²) in [5.74, 6) is 1.57. The first-order chi connectivity index (χ1) is 10.2. The van der Waals surface area contributed by atoms with E-state index in [1.165, 1.54) is 0 Å². The molecule has 4 heteroatoms. The second-order valence-electron chi connectivity index (χ2n) is 4.21. The van der Waals surface area contributed by atoms with Gasteiger partial charge in [0.15, 0.2) is 0 Å². The smallest absolute Gasteiger partial charge is 0.130 e. The zero-order valence-corrected chi connectivity index (χ0v) is 13.7. The molecular weight excluding hydrogens is 264 g/mol. The average Bonchev–Trinajstić information content (AvgIpc) is 2.50. The first-order valence-electron chi connectivity index (χ1n) is 7.26. The SMILES string of the molecule is CC.CCOc1ccc(-c2c(C)ncnc2C)c(OC)c1. The molecule has 0 spiro atoms. The molecule has 114 valence electrons. The predicted molar refractivity (Wildman–Crippen MR) is 86.0 cm³/mol. The fourth-order valence-electron chi connectivity index (χ4n) is 2.12. The number of methoxy groups -OCH3 is 1. The van der Waals surface area contributed by atoms with E-state index in [1.54, 1.807) is 13.4 Å². The zero-order chi connectivity index (χ0) is 15.8. The molecule has 0 saturated heterocycles. The van der Waals surface area contributed by atoms with Gasteiger partial charge in [-0.1, -0.05) is 13.8 Å². The Kier molecular flexibility index (Phi) is 6.66. The average molecular weight is 288 g/mol. The van der Waals surface area contributed by atoms with E-state index >= 15 is 0 Å². The van der Waals surface area contributed by atoms with Crippen molar-refractivity contribution < 1.29 is 9.47 Å². The summed E-state index contributed by atoms with van der Waals surface area (Å²) in [5, 5.41) is 0. The molecule has 2 aromatic rings. The van der Waals surface area contributed by atoms with E-state index in [-0.39, 0.29) is 0 Å². The van der Waals surface area contributed by atoms with E-state index in [9.17, 15) is 0 Å². The molecule has 0 aliphatic carbocycles. The summed E-state index contributed by atoms with van der Waals surface area (Å²) in [4.78, 5) is 8.51. The van der Waals surface area contributed by atoms with E-state index in [1.807, 2.05) is 52.8 Å². The lowest BCUT2D eigenvalue weighted by Gasteiger charge is -2.14. The lowest BCUT2D eigenvalue weighted by molar-refractivity contribution is 0.336. The summed E-state index contributed by atoms with van der Waals surface area (Å²) in [6.07, 6.45) is 1.58. The topological polar surface area (TPSA) is 44.2 Å². The lowest BCUT2D eigenvalue weighted by atomic mass is 10.0. The maximum Gasteiger partial charge on any atom is 0.130 e. The molecule has 4 nitrogen and oxygen atoms in total. The highest BCUT2D eigenvalue weighted by atomic mass is 16.5. The van der Waals surface area contributed by atoms with E-state index in [4.69, 9.17) is 9.47 Å². The summed E-state index contributed by atoms with van der Waals surface area (Å²) < 4.78 is 10.9. The molecule has 21 heavy (non-hydrogen) atoms. The van der Waals surface area contributed by atoms with Crippen molar-refractivity contribution >= 4 is 0 Å². The van der Waals surface area contributed by atoms with Crippen molar-refractivity contribution in [3.05, 3.63) is 35.9 Å². The molecule has 2 rings (SSSR count). The van der Waals surface area contributed by atoms with Crippen LogP contribution in [-0.4, -0.2) is 23.7 Å². The maximum absolute atomic E-state index is 5.49. The number of nitrogens with zero attached hydrogens (tertiary/aromatic N) is 2. The van der Waals surface area contributed by atoms with Crippen LogP contribution in [0.5, 0.6) is 11.5 Å². The highest BCUT2D eigenvalue weighted by molar-refractivity contribution is 5.74. The highest BCUT2D eigenvalue weighted by Gasteiger charge is 2.13. The first kappa shape index (κ1) is 17.0. The van der Waals surface area contributed by atoms with Crippen LogP contribution in [0.4, 0.5) is 0 Å². The minimum absolute atomic E-state index is 0.634. The van der Waals surface area contributed by atoms with Crippen LogP contribution in [0.3, 0.4) is 0 Å². The number of rotatable bonds is 4. The van der Waals surface area contributed by atoms with Crippen LogP contribution >= 0.6 is 0 Å². The van der Waals surface area contributed by atoms with Crippen LogP contribution in [0.25, 0.3) is 11.1 Å². The highest BCUT2D eigenvalue weighted by Crippen LogP contribution is 2.35. The third kappa shape index (κ3) is 3.94. The first-order valence-corrected chi connectivity index (χ1v) is 7.26. The van der Waals surface area contributed by atoms with Crippen LogP contribution in [0.1, 0.15) is 32.2 Å². The molecule has 0 unspecified atom stereocenters. The fourth-order valence-corrected chi connectivity index (χ4v) is 2.12. The molecular formula is C17H24N2O2. The molecule has 1 aromatic carbocycles. The molecule has 0 aliphatic heterocycles. The molecule has 0 bridgehead atoms. The van der Waals surface area contributed by atoms with Gasteiger partial charge in [-0.2, -0.15) is 0 Å². The zero-order valence-electron chi connectivity index (χ0n) is 13.7. The predicted octanol–water partition coefficient (Wildman–Crippen LogP) is 4.19. The Labute approximate surface area is 127 Å². The van der Waals surface area contributed by atoms with Gasteiger partial charge in [0.05, 0.1) is 13.7 Å². The third-order valence-corrected chi connectivity index (χ3v) is 2.98. The van der Waals surface area contributed by atoms with E-state index in [2.05, 4.69) is 9.97 Å². The van der Waals surface area contributed by atoms with Gasteiger partial charge in [0.2, 0.25) is 0 Å². The minimum Gasteiger partial charge on any atom is -0.496 e. The maximum atomic E-state index is 5.49. The summed E-state index contributed by atoms with van der Waals surface area (Å²) in [6, 6.07) is 5.82. The van der Waals surface area contributed by atoms with Gasteiger partial charge in [-0.05, 0) is 32.9 Å². The second-order valence-corrected chi connectivity index (χ2v) is 4.21. The Morgan fingerprint density at radius 2 is 1.67 bits per heavy atom. The Balaban J connectivity index is 0.00000106. The Morgan fingerprint density at radius 3 is 2.19 bits per heavy atom. The van der Waals surface area contributed by atoms with Crippen LogP contribution in [0, 0.1) is 13.8 Å². The summed E-state index contributed by atoms with van der Waals surface area (Å²) in [6.45, 7) is 10.5. The standard InChI is InChI=1S/C15H18N2O2.C2H6/c1-5-19-12-6-7-13(14(8-12)18-4)15-10(2)16-9-17-11(15)3;1-2/h6-9H,5H2,1-4H3;1-2H3. The van der Waals surface area contributed by atoms with Crippen molar-refractivity contribution in [3.63, 3.8) is 0 Å². The van der Waals surface area contributed by atoms with E-state index in [0.29, 0.717) is 6.61 Å². The largest absolute Gasteiger partial charge is 0.496 e. The number of aryl methyl sites for hydroxylation is 2. The van der Waals surface area contributed by atoms with Gasteiger partial charge in [0, 0.05) is 28.6 Å². The molecule has 0 fully saturated rings. The van der Waals surface area contributed by atoms with E-state index < -0.39 is 0 Å². The van der Waals surface area contributed by atoms with Crippen molar-refractivity contribution in [2.45, 2.75) is 34.6 Å². The van der Waals surface area contributed by atoms with Crippen LogP contribution in [0.15, 0.2) is 24.5 Å². The van der Waals surface area contributed by atoms with Crippen molar-refractivity contribution in [2.75, 3.05) is 13.7 Å². The molecule has 0 aliphatic rings. The summed E-state index contributed by atoms with van der Waals surface area (Å²) in [7, 11) is 1.66. The van der Waals surface area contributed by atoms with Crippen LogP contribution in [-0.2, 0) is 0 Å². The summed E-state index contributed by atoms with van der Waals surface area (Å²) in [5.41, 5.74) is 3.88. The Morgan fingerprint density at radius 1 is 1.05 bits per heavy atom. The Hall–Kier alpha value is -2.10. The number of ether oxygens (including phenoxy) is 2. The number of benzene rings is 1. The van der Waals surface area contributed by atoms with Gasteiger partial charge < -0.3 is 9.47 Å². The van der Waals surface area contributed by atoms with Gasteiger partial charge in [-0.15, -0.1) is 0 Å². The van der Waals surface area contributed by atoms with Gasteiger partial charge in [-0.3, -0.25) is 0 Å². The van der Waals surface area contributed by atoms with Gasteiger partial charge in [0.25, 0.3) is 0 Å². The molecule has 0 N–H and O–H groups in total. The third-order valence-electron chi connectivity index (χ3n) is 2.98. The van der Waals surface area contributed by atoms with Gasteiger partial charge in [-0.25, -0.2) is 9.97 Å². The molecule has 1 heterocycles. The normalized spacial score (nSPS) is 9.62. The van der Waals surface area contributed by atoms with Crippen LogP contribution in [0.2, 0.25) is 0 Å². The minimum atomic E-state index is 0.634. The van der Waals surface area contributed by atoms with E-state index in [0.717, 1.165) is 34.0 Å². The quantitative estimate of drug-likeness (QED) is 0.846. The van der Waals surface area contributed by atoms with Crippen LogP contribution < -0.4 is 9.47 Å². The Bertz CT molecular complexity index is 563. The monoisotopic (exact) mass is 288 g/mol. The number of aromatic nitrogens is 2. The van der Waals surface area contributed by atoms with Gasteiger partial charge >= 0.3 is 0 Å². The molecule has 0 saturated carbocycles. The summed E-state index contributed by atoms with van der Waals surface area (Å²) >= 11 is 0. The van der Waals surface area contributed by atoms with Crippen molar-refractivity contribution in [1.82, 2.24) is 9.97 Å². The van der Waals surface area contributed by atoms with Gasteiger partial charge in [0.1, 0.15) is 17.8 Å². The number of hydrogen-bond donors (Lipinski definition) is 0. The number of hydrogen-bond acceptors (Lipinski definition) is 4. The van der Waals surface area contributed by atoms with Crippen molar-refractivity contribution in [3.8, 4) is 22.6 Å². The molecule has 0 atom stereocenters. The molecule has 0 amide bonds. The van der Waals surface area contributed by atoms with Crippen molar-refractivity contribution in [1.29, 1.82) is 0 Å². The lowest BCUT2D eigenvalue weighted by Crippen LogP contribution is -1.98. The molecule has 1 aromatic heterocycles.